The van der Waals surface area contributed by atoms with Gasteiger partial charge in [0.05, 0.1) is 11.4 Å². The summed E-state index contributed by atoms with van der Waals surface area (Å²) >= 11 is 0. The van der Waals surface area contributed by atoms with E-state index >= 15 is 0 Å². The molecule has 1 saturated carbocycles. The van der Waals surface area contributed by atoms with Crippen LogP contribution in [0.25, 0.3) is 0 Å². The van der Waals surface area contributed by atoms with Crippen LogP contribution in [0.5, 0.6) is 0 Å². The zero-order valence-electron chi connectivity index (χ0n) is 7.47. The maximum Gasteiger partial charge on any atom is 0.0688 e. The molecule has 2 aliphatic rings. The van der Waals surface area contributed by atoms with Gasteiger partial charge in [0.25, 0.3) is 0 Å². The number of rotatable bonds is 1. The van der Waals surface area contributed by atoms with Crippen molar-refractivity contribution in [3.63, 3.8) is 0 Å². The highest BCUT2D eigenvalue weighted by atomic mass is 35.5. The van der Waals surface area contributed by atoms with E-state index < -0.39 is 0 Å². The Morgan fingerprint density at radius 1 is 1.31 bits per heavy atom. The van der Waals surface area contributed by atoms with E-state index in [4.69, 9.17) is 0 Å². The number of aromatic nitrogens is 2. The highest BCUT2D eigenvalue weighted by Crippen LogP contribution is 2.41. The van der Waals surface area contributed by atoms with Crippen molar-refractivity contribution in [2.24, 2.45) is 0 Å². The van der Waals surface area contributed by atoms with Gasteiger partial charge in [-0.05, 0) is 31.4 Å². The van der Waals surface area contributed by atoms with Crippen LogP contribution in [0.1, 0.15) is 35.7 Å². The molecule has 1 aromatic heterocycles. The molecular formula is C9H14ClN3. The predicted molar refractivity (Wildman–Crippen MR) is 53.2 cm³/mol. The molecule has 2 N–H and O–H groups in total. The van der Waals surface area contributed by atoms with E-state index in [9.17, 15) is 0 Å². The van der Waals surface area contributed by atoms with Crippen molar-refractivity contribution in [3.8, 4) is 0 Å². The van der Waals surface area contributed by atoms with Crippen molar-refractivity contribution in [1.82, 2.24) is 15.5 Å². The fourth-order valence-electron chi connectivity index (χ4n) is 1.96. The summed E-state index contributed by atoms with van der Waals surface area (Å²) in [7, 11) is 0. The first kappa shape index (κ1) is 9.03. The average molecular weight is 200 g/mol. The van der Waals surface area contributed by atoms with Gasteiger partial charge < -0.3 is 5.32 Å². The van der Waals surface area contributed by atoms with Crippen LogP contribution in [-0.2, 0) is 13.0 Å². The summed E-state index contributed by atoms with van der Waals surface area (Å²) in [5, 5.41) is 10.9. The molecule has 72 valence electrons. The third-order valence-electron chi connectivity index (χ3n) is 2.80. The Morgan fingerprint density at radius 2 is 2.15 bits per heavy atom. The molecule has 0 amide bonds. The number of aromatic amines is 1. The van der Waals surface area contributed by atoms with Gasteiger partial charge in [-0.3, -0.25) is 5.10 Å². The highest BCUT2D eigenvalue weighted by Gasteiger charge is 2.30. The Labute approximate surface area is 83.7 Å². The van der Waals surface area contributed by atoms with Crippen molar-refractivity contribution < 1.29 is 0 Å². The minimum atomic E-state index is 0. The van der Waals surface area contributed by atoms with Crippen LogP contribution >= 0.6 is 12.4 Å². The number of nitrogens with one attached hydrogen (secondary N) is 2. The molecule has 1 fully saturated rings. The standard InChI is InChI=1S/C9H13N3.ClH/c1-2-6(1)9-7-3-4-10-5-8(7)11-12-9;/h6,10H,1-5H2,(H,11,12);1H. The average Bonchev–Trinajstić information content (AvgIpc) is 2.86. The van der Waals surface area contributed by atoms with E-state index in [0.29, 0.717) is 0 Å². The second-order valence-corrected chi connectivity index (χ2v) is 3.77. The zero-order valence-corrected chi connectivity index (χ0v) is 8.28. The molecule has 0 unspecified atom stereocenters. The van der Waals surface area contributed by atoms with Gasteiger partial charge in [-0.2, -0.15) is 5.10 Å². The lowest BCUT2D eigenvalue weighted by molar-refractivity contribution is 0.631. The molecule has 0 spiro atoms. The fraction of sp³-hybridized carbons (Fsp3) is 0.667. The first-order valence-electron chi connectivity index (χ1n) is 4.72. The topological polar surface area (TPSA) is 40.7 Å². The first-order valence-corrected chi connectivity index (χ1v) is 4.72. The molecule has 0 aromatic carbocycles. The lowest BCUT2D eigenvalue weighted by Gasteiger charge is -2.12. The Bertz CT molecular complexity index is 304. The van der Waals surface area contributed by atoms with Gasteiger partial charge >= 0.3 is 0 Å². The summed E-state index contributed by atoms with van der Waals surface area (Å²) in [6, 6.07) is 0. The van der Waals surface area contributed by atoms with Gasteiger partial charge in [-0.15, -0.1) is 12.4 Å². The second kappa shape index (κ2) is 3.31. The van der Waals surface area contributed by atoms with Gasteiger partial charge in [0.2, 0.25) is 0 Å². The van der Waals surface area contributed by atoms with Gasteiger partial charge in [0.1, 0.15) is 0 Å². The molecule has 3 nitrogen and oxygen atoms in total. The number of fused-ring (bicyclic) bond motifs is 1. The highest BCUT2D eigenvalue weighted by molar-refractivity contribution is 5.85. The summed E-state index contributed by atoms with van der Waals surface area (Å²) in [5.41, 5.74) is 4.20. The number of nitrogens with zero attached hydrogens (tertiary/aromatic N) is 1. The molecule has 2 heterocycles. The number of hydrogen-bond acceptors (Lipinski definition) is 2. The molecule has 0 atom stereocenters. The number of halogens is 1. The van der Waals surface area contributed by atoms with Crippen molar-refractivity contribution in [2.45, 2.75) is 31.7 Å². The molecule has 1 aliphatic heterocycles. The molecule has 3 rings (SSSR count). The van der Waals surface area contributed by atoms with E-state index in [2.05, 4.69) is 15.5 Å². The summed E-state index contributed by atoms with van der Waals surface area (Å²) in [5.74, 6) is 0.795. The minimum Gasteiger partial charge on any atom is -0.311 e. The Morgan fingerprint density at radius 3 is 2.92 bits per heavy atom. The molecule has 1 aromatic rings. The van der Waals surface area contributed by atoms with Crippen molar-refractivity contribution >= 4 is 12.4 Å². The third kappa shape index (κ3) is 1.46. The normalized spacial score (nSPS) is 20.6. The molecule has 4 heteroatoms. The lowest BCUT2D eigenvalue weighted by Crippen LogP contribution is -2.23. The van der Waals surface area contributed by atoms with Crippen LogP contribution in [0, 0.1) is 0 Å². The lowest BCUT2D eigenvalue weighted by atomic mass is 10.0. The van der Waals surface area contributed by atoms with Gasteiger partial charge in [0.15, 0.2) is 0 Å². The molecule has 0 saturated heterocycles. The van der Waals surface area contributed by atoms with Crippen LogP contribution in [0.2, 0.25) is 0 Å². The fourth-order valence-corrected chi connectivity index (χ4v) is 1.96. The van der Waals surface area contributed by atoms with Crippen LogP contribution in [0.3, 0.4) is 0 Å². The quantitative estimate of drug-likeness (QED) is 0.717. The predicted octanol–water partition coefficient (Wildman–Crippen LogP) is 1.35. The van der Waals surface area contributed by atoms with Crippen LogP contribution in [0.4, 0.5) is 0 Å². The molecule has 13 heavy (non-hydrogen) atoms. The third-order valence-corrected chi connectivity index (χ3v) is 2.80. The summed E-state index contributed by atoms with van der Waals surface area (Å²) < 4.78 is 0. The van der Waals surface area contributed by atoms with Crippen molar-refractivity contribution in [2.75, 3.05) is 6.54 Å². The minimum absolute atomic E-state index is 0. The van der Waals surface area contributed by atoms with E-state index in [1.165, 1.54) is 29.8 Å². The van der Waals surface area contributed by atoms with Crippen LogP contribution in [0.15, 0.2) is 0 Å². The SMILES string of the molecule is C1Cc2c(C3CC3)n[nH]c2CN1.Cl. The van der Waals surface area contributed by atoms with E-state index in [1.54, 1.807) is 0 Å². The first-order chi connectivity index (χ1) is 5.95. The maximum atomic E-state index is 4.39. The Balaban J connectivity index is 0.000000653. The van der Waals surface area contributed by atoms with Crippen molar-refractivity contribution in [1.29, 1.82) is 0 Å². The van der Waals surface area contributed by atoms with E-state index in [0.717, 1.165) is 25.4 Å². The van der Waals surface area contributed by atoms with Gasteiger partial charge in [0, 0.05) is 12.5 Å². The Kier molecular flexibility index (Phi) is 2.30. The van der Waals surface area contributed by atoms with E-state index in [-0.39, 0.29) is 12.4 Å². The van der Waals surface area contributed by atoms with Crippen LogP contribution < -0.4 is 5.32 Å². The molecular weight excluding hydrogens is 186 g/mol. The molecule has 0 bridgehead atoms. The zero-order chi connectivity index (χ0) is 7.97. The molecule has 1 aliphatic carbocycles. The number of hydrogen-bond donors (Lipinski definition) is 2. The van der Waals surface area contributed by atoms with Gasteiger partial charge in [-0.25, -0.2) is 0 Å². The monoisotopic (exact) mass is 199 g/mol. The summed E-state index contributed by atoms with van der Waals surface area (Å²) in [6.07, 6.45) is 3.87. The maximum absolute atomic E-state index is 4.39. The van der Waals surface area contributed by atoms with Crippen molar-refractivity contribution in [3.05, 3.63) is 17.0 Å². The van der Waals surface area contributed by atoms with Gasteiger partial charge in [-0.1, -0.05) is 0 Å². The van der Waals surface area contributed by atoms with Crippen LogP contribution in [-0.4, -0.2) is 16.7 Å². The second-order valence-electron chi connectivity index (χ2n) is 3.77. The largest absolute Gasteiger partial charge is 0.311 e. The number of H-pyrrole nitrogens is 1. The van der Waals surface area contributed by atoms with E-state index in [1.807, 2.05) is 0 Å². The summed E-state index contributed by atoms with van der Waals surface area (Å²) in [4.78, 5) is 0. The smallest absolute Gasteiger partial charge is 0.0688 e. The Hall–Kier alpha value is -0.540. The molecule has 0 radical (unpaired) electrons. The summed E-state index contributed by atoms with van der Waals surface area (Å²) in [6.45, 7) is 2.10.